The summed E-state index contributed by atoms with van der Waals surface area (Å²) in [5, 5.41) is 3.33. The van der Waals surface area contributed by atoms with Crippen LogP contribution in [-0.2, 0) is 16.4 Å². The number of nitrogens with one attached hydrogen (secondary N) is 2. The second-order valence-electron chi connectivity index (χ2n) is 7.67. The van der Waals surface area contributed by atoms with Crippen LogP contribution in [0.2, 0.25) is 0 Å². The Bertz CT molecular complexity index is 1390. The predicted octanol–water partition coefficient (Wildman–Crippen LogP) is 2.20. The Hall–Kier alpha value is -3.27. The summed E-state index contributed by atoms with van der Waals surface area (Å²) in [5.74, 6) is 0.418. The zero-order chi connectivity index (χ0) is 22.7. The molecule has 8 nitrogen and oxygen atoms in total. The fourth-order valence-electron chi connectivity index (χ4n) is 3.43. The van der Waals surface area contributed by atoms with Gasteiger partial charge in [0, 0.05) is 30.8 Å². The lowest BCUT2D eigenvalue weighted by Crippen LogP contribution is -2.17. The van der Waals surface area contributed by atoms with Gasteiger partial charge in [-0.15, -0.1) is 0 Å². The highest BCUT2D eigenvalue weighted by molar-refractivity contribution is 7.90. The van der Waals surface area contributed by atoms with Gasteiger partial charge in [0.15, 0.2) is 9.84 Å². The summed E-state index contributed by atoms with van der Waals surface area (Å²) in [6.45, 7) is 2.28. The van der Waals surface area contributed by atoms with E-state index in [1.54, 1.807) is 41.1 Å². The number of rotatable bonds is 8. The van der Waals surface area contributed by atoms with Crippen LogP contribution in [0.25, 0.3) is 28.2 Å². The van der Waals surface area contributed by atoms with Gasteiger partial charge in [0.05, 0.1) is 16.2 Å². The van der Waals surface area contributed by atoms with Crippen LogP contribution in [0, 0.1) is 0 Å². The lowest BCUT2D eigenvalue weighted by Gasteiger charge is -2.06. The molecule has 0 spiro atoms. The third kappa shape index (κ3) is 4.80. The zero-order valence-corrected chi connectivity index (χ0v) is 18.5. The van der Waals surface area contributed by atoms with Gasteiger partial charge in [0.1, 0.15) is 0 Å². The van der Waals surface area contributed by atoms with Crippen molar-refractivity contribution in [3.63, 3.8) is 0 Å². The van der Waals surface area contributed by atoms with E-state index in [1.807, 2.05) is 24.3 Å². The summed E-state index contributed by atoms with van der Waals surface area (Å²) in [6, 6.07) is 14.4. The molecule has 0 unspecified atom stereocenters. The number of nitrogens with two attached hydrogens (primary N) is 1. The Balaban J connectivity index is 1.59. The first-order valence-corrected chi connectivity index (χ1v) is 12.2. The third-order valence-corrected chi connectivity index (χ3v) is 6.33. The van der Waals surface area contributed by atoms with Crippen LogP contribution >= 0.6 is 0 Å². The molecule has 166 valence electrons. The third-order valence-electron chi connectivity index (χ3n) is 5.20. The zero-order valence-electron chi connectivity index (χ0n) is 17.7. The van der Waals surface area contributed by atoms with Crippen LogP contribution in [0.5, 0.6) is 0 Å². The maximum atomic E-state index is 12.7. The molecule has 0 radical (unpaired) electrons. The van der Waals surface area contributed by atoms with Crippen molar-refractivity contribution in [3.8, 4) is 22.4 Å². The second kappa shape index (κ2) is 9.07. The first-order valence-electron chi connectivity index (χ1n) is 10.3. The molecule has 2 heterocycles. The fraction of sp³-hybridized carbons (Fsp3) is 0.217. The minimum absolute atomic E-state index is 0.226. The molecule has 0 aliphatic carbocycles. The van der Waals surface area contributed by atoms with Crippen LogP contribution in [0.4, 0.5) is 0 Å². The molecule has 4 rings (SSSR count). The van der Waals surface area contributed by atoms with Crippen LogP contribution in [0.1, 0.15) is 12.0 Å². The number of sulfone groups is 1. The van der Waals surface area contributed by atoms with E-state index in [2.05, 4.69) is 15.3 Å². The van der Waals surface area contributed by atoms with E-state index >= 15 is 0 Å². The summed E-state index contributed by atoms with van der Waals surface area (Å²) < 4.78 is 25.1. The summed E-state index contributed by atoms with van der Waals surface area (Å²) >= 11 is 0. The average molecular weight is 452 g/mol. The number of aromatic nitrogens is 3. The predicted molar refractivity (Wildman–Crippen MR) is 125 cm³/mol. The van der Waals surface area contributed by atoms with Gasteiger partial charge in [-0.3, -0.25) is 14.2 Å². The van der Waals surface area contributed by atoms with E-state index in [0.717, 1.165) is 36.2 Å². The summed E-state index contributed by atoms with van der Waals surface area (Å²) in [4.78, 5) is 20.2. The van der Waals surface area contributed by atoms with Crippen molar-refractivity contribution in [1.29, 1.82) is 0 Å². The maximum Gasteiger partial charge on any atom is 0.260 e. The molecule has 0 aliphatic heterocycles. The smallest absolute Gasteiger partial charge is 0.260 e. The van der Waals surface area contributed by atoms with Crippen LogP contribution in [0.3, 0.4) is 0 Å². The van der Waals surface area contributed by atoms with Gasteiger partial charge in [-0.25, -0.2) is 13.4 Å². The number of hydrogen-bond acceptors (Lipinski definition) is 6. The summed E-state index contributed by atoms with van der Waals surface area (Å²) in [7, 11) is -3.26. The molecule has 4 aromatic rings. The summed E-state index contributed by atoms with van der Waals surface area (Å²) in [5.41, 5.74) is 9.15. The van der Waals surface area contributed by atoms with Crippen molar-refractivity contribution in [1.82, 2.24) is 19.7 Å². The molecule has 4 N–H and O–H groups in total. The van der Waals surface area contributed by atoms with Crippen LogP contribution in [0.15, 0.2) is 70.6 Å². The molecular weight excluding hydrogens is 426 g/mol. The lowest BCUT2D eigenvalue weighted by molar-refractivity contribution is 0.602. The van der Waals surface area contributed by atoms with Crippen molar-refractivity contribution < 1.29 is 8.42 Å². The van der Waals surface area contributed by atoms with Gasteiger partial charge >= 0.3 is 0 Å². The van der Waals surface area contributed by atoms with Crippen molar-refractivity contribution >= 4 is 15.6 Å². The fourth-order valence-corrected chi connectivity index (χ4v) is 4.06. The van der Waals surface area contributed by atoms with Gasteiger partial charge < -0.3 is 11.1 Å². The highest BCUT2D eigenvalue weighted by atomic mass is 32.2. The molecule has 2 aromatic heterocycles. The molecule has 0 bridgehead atoms. The van der Waals surface area contributed by atoms with Gasteiger partial charge in [-0.1, -0.05) is 36.4 Å². The van der Waals surface area contributed by atoms with E-state index in [1.165, 1.54) is 6.26 Å². The number of H-pyrrole nitrogens is 1. The molecule has 0 atom stereocenters. The normalized spacial score (nSPS) is 11.8. The largest absolute Gasteiger partial charge is 0.330 e. The van der Waals surface area contributed by atoms with E-state index in [4.69, 9.17) is 5.73 Å². The molecule has 2 aromatic carbocycles. The molecule has 0 aliphatic rings. The van der Waals surface area contributed by atoms with Crippen LogP contribution < -0.4 is 16.6 Å². The Kier molecular flexibility index (Phi) is 6.22. The lowest BCUT2D eigenvalue weighted by atomic mass is 10.1. The number of nitrogens with zero attached hydrogens (tertiary/aromatic N) is 2. The minimum atomic E-state index is -3.26. The van der Waals surface area contributed by atoms with E-state index < -0.39 is 9.84 Å². The molecule has 0 saturated heterocycles. The second-order valence-corrected chi connectivity index (χ2v) is 9.68. The first-order chi connectivity index (χ1) is 15.3. The van der Waals surface area contributed by atoms with Crippen molar-refractivity contribution in [2.24, 2.45) is 5.73 Å². The highest BCUT2D eigenvalue weighted by Crippen LogP contribution is 2.22. The molecule has 0 amide bonds. The van der Waals surface area contributed by atoms with Crippen molar-refractivity contribution in [2.75, 3.05) is 19.3 Å². The Morgan fingerprint density at radius 1 is 1.03 bits per heavy atom. The topological polar surface area (TPSA) is 122 Å². The Morgan fingerprint density at radius 3 is 2.38 bits per heavy atom. The molecule has 9 heteroatoms. The molecular formula is C23H25N5O3S. The van der Waals surface area contributed by atoms with Crippen LogP contribution in [-0.4, -0.2) is 42.1 Å². The first kappa shape index (κ1) is 21.9. The molecule has 0 fully saturated rings. The van der Waals surface area contributed by atoms with Gasteiger partial charge in [-0.2, -0.15) is 0 Å². The number of imidazole rings is 1. The molecule has 0 saturated carbocycles. The van der Waals surface area contributed by atoms with Crippen molar-refractivity contribution in [3.05, 3.63) is 76.8 Å². The number of aromatic amines is 1. The van der Waals surface area contributed by atoms with Crippen molar-refractivity contribution in [2.45, 2.75) is 17.9 Å². The quantitative estimate of drug-likeness (QED) is 0.353. The van der Waals surface area contributed by atoms with E-state index in [9.17, 15) is 13.2 Å². The standard InChI is InChI=1S/C23H25N5O3S/c1-32(30,31)19-9-7-18(8-10-19)21-15-28-14-20(22(29)27-23(28)26-21)17-5-3-16(4-6-17)13-25-12-2-11-24/h3-10,14-15,25H,2,11-13,24H2,1H3,(H,26,27,29). The van der Waals surface area contributed by atoms with Gasteiger partial charge in [0.2, 0.25) is 5.78 Å². The Labute approximate surface area is 186 Å². The van der Waals surface area contributed by atoms with E-state index in [0.29, 0.717) is 23.6 Å². The average Bonchev–Trinajstić information content (AvgIpc) is 3.19. The van der Waals surface area contributed by atoms with E-state index in [-0.39, 0.29) is 10.5 Å². The van der Waals surface area contributed by atoms with Gasteiger partial charge in [-0.05, 0) is 42.8 Å². The highest BCUT2D eigenvalue weighted by Gasteiger charge is 2.11. The number of hydrogen-bond donors (Lipinski definition) is 3. The monoisotopic (exact) mass is 451 g/mol. The summed E-state index contributed by atoms with van der Waals surface area (Å²) in [6.07, 6.45) is 5.66. The number of benzene rings is 2. The van der Waals surface area contributed by atoms with Gasteiger partial charge in [0.25, 0.3) is 5.56 Å². The maximum absolute atomic E-state index is 12.7. The molecule has 32 heavy (non-hydrogen) atoms. The minimum Gasteiger partial charge on any atom is -0.330 e. The SMILES string of the molecule is CS(=O)(=O)c1ccc(-c2cn3cc(-c4ccc(CNCCCN)cc4)c(=O)[nH]c3n2)cc1. The Morgan fingerprint density at radius 2 is 1.72 bits per heavy atom. The number of fused-ring (bicyclic) bond motifs is 1.